The van der Waals surface area contributed by atoms with Crippen molar-refractivity contribution < 1.29 is 17.9 Å². The molecule has 9 heteroatoms. The zero-order chi connectivity index (χ0) is 19.3. The van der Waals surface area contributed by atoms with Crippen molar-refractivity contribution in [3.8, 4) is 5.75 Å². The standard InChI is InChI=1S/C18H16F3N5O/c1-2-27-15-8-6-13(7-9-15)23-16-11-22-26-17(25-16)24-14-5-3-4-12(10-14)18(19,20)21/h3-11H,2H2,1H3,(H2,23,24,25,26). The van der Waals surface area contributed by atoms with Crippen molar-refractivity contribution in [1.29, 1.82) is 0 Å². The van der Waals surface area contributed by atoms with Crippen molar-refractivity contribution in [3.05, 3.63) is 60.3 Å². The van der Waals surface area contributed by atoms with Crippen LogP contribution in [-0.4, -0.2) is 21.8 Å². The maximum atomic E-state index is 12.8. The number of aromatic nitrogens is 3. The van der Waals surface area contributed by atoms with Gasteiger partial charge in [0.1, 0.15) is 5.75 Å². The quantitative estimate of drug-likeness (QED) is 0.646. The van der Waals surface area contributed by atoms with E-state index in [1.54, 1.807) is 0 Å². The van der Waals surface area contributed by atoms with Gasteiger partial charge < -0.3 is 15.4 Å². The fourth-order valence-corrected chi connectivity index (χ4v) is 2.27. The van der Waals surface area contributed by atoms with E-state index in [9.17, 15) is 13.2 Å². The minimum absolute atomic E-state index is 0.0743. The summed E-state index contributed by atoms with van der Waals surface area (Å²) >= 11 is 0. The van der Waals surface area contributed by atoms with E-state index in [1.807, 2.05) is 31.2 Å². The highest BCUT2D eigenvalue weighted by Gasteiger charge is 2.30. The van der Waals surface area contributed by atoms with E-state index in [4.69, 9.17) is 4.74 Å². The monoisotopic (exact) mass is 375 g/mol. The lowest BCUT2D eigenvalue weighted by atomic mass is 10.2. The molecule has 0 bridgehead atoms. The molecule has 0 amide bonds. The second-order valence-electron chi connectivity index (χ2n) is 5.45. The summed E-state index contributed by atoms with van der Waals surface area (Å²) in [5, 5.41) is 13.4. The molecule has 0 aliphatic heterocycles. The Kier molecular flexibility index (Phi) is 5.39. The number of benzene rings is 2. The van der Waals surface area contributed by atoms with Crippen LogP contribution in [0.1, 0.15) is 12.5 Å². The van der Waals surface area contributed by atoms with Crippen LogP contribution in [0.3, 0.4) is 0 Å². The summed E-state index contributed by atoms with van der Waals surface area (Å²) in [6.07, 6.45) is -3.01. The smallest absolute Gasteiger partial charge is 0.416 e. The highest BCUT2D eigenvalue weighted by Crippen LogP contribution is 2.31. The number of halogens is 3. The fourth-order valence-electron chi connectivity index (χ4n) is 2.27. The van der Waals surface area contributed by atoms with Crippen LogP contribution in [0.4, 0.5) is 36.3 Å². The highest BCUT2D eigenvalue weighted by atomic mass is 19.4. The molecule has 2 N–H and O–H groups in total. The van der Waals surface area contributed by atoms with Gasteiger partial charge in [0.15, 0.2) is 5.82 Å². The largest absolute Gasteiger partial charge is 0.494 e. The van der Waals surface area contributed by atoms with Crippen LogP contribution in [0.5, 0.6) is 5.75 Å². The predicted octanol–water partition coefficient (Wildman–Crippen LogP) is 4.78. The van der Waals surface area contributed by atoms with Crippen molar-refractivity contribution in [2.45, 2.75) is 13.1 Å². The predicted molar refractivity (Wildman–Crippen MR) is 95.4 cm³/mol. The van der Waals surface area contributed by atoms with Gasteiger partial charge in [-0.15, -0.1) is 5.10 Å². The molecular weight excluding hydrogens is 359 g/mol. The van der Waals surface area contributed by atoms with Gasteiger partial charge in [-0.1, -0.05) is 6.07 Å². The molecule has 1 aromatic heterocycles. The molecule has 1 heterocycles. The second kappa shape index (κ2) is 7.90. The van der Waals surface area contributed by atoms with Crippen molar-refractivity contribution in [2.24, 2.45) is 0 Å². The number of hydrogen-bond acceptors (Lipinski definition) is 6. The molecule has 6 nitrogen and oxygen atoms in total. The van der Waals surface area contributed by atoms with Gasteiger partial charge in [0.05, 0.1) is 18.4 Å². The molecule has 140 valence electrons. The van der Waals surface area contributed by atoms with Gasteiger partial charge in [-0.3, -0.25) is 0 Å². The van der Waals surface area contributed by atoms with E-state index in [0.29, 0.717) is 12.4 Å². The molecule has 3 aromatic rings. The van der Waals surface area contributed by atoms with Crippen molar-refractivity contribution in [3.63, 3.8) is 0 Å². The Morgan fingerprint density at radius 3 is 2.48 bits per heavy atom. The molecular formula is C18H16F3N5O. The van der Waals surface area contributed by atoms with Crippen molar-refractivity contribution in [2.75, 3.05) is 17.2 Å². The Hall–Kier alpha value is -3.36. The highest BCUT2D eigenvalue weighted by molar-refractivity contribution is 5.59. The van der Waals surface area contributed by atoms with Crippen LogP contribution in [0.15, 0.2) is 54.7 Å². The summed E-state index contributed by atoms with van der Waals surface area (Å²) in [6, 6.07) is 12.0. The first-order valence-electron chi connectivity index (χ1n) is 8.08. The summed E-state index contributed by atoms with van der Waals surface area (Å²) in [7, 11) is 0. The van der Waals surface area contributed by atoms with Crippen LogP contribution in [-0.2, 0) is 6.18 Å². The van der Waals surface area contributed by atoms with E-state index in [1.165, 1.54) is 18.3 Å². The minimum atomic E-state index is -4.42. The third-order valence-corrected chi connectivity index (χ3v) is 3.44. The van der Waals surface area contributed by atoms with Crippen LogP contribution in [0.2, 0.25) is 0 Å². The Bertz CT molecular complexity index is 900. The Balaban J connectivity index is 1.72. The first-order chi connectivity index (χ1) is 12.9. The third-order valence-electron chi connectivity index (χ3n) is 3.44. The zero-order valence-corrected chi connectivity index (χ0v) is 14.3. The average Bonchev–Trinajstić information content (AvgIpc) is 2.63. The maximum absolute atomic E-state index is 12.8. The van der Waals surface area contributed by atoms with Crippen LogP contribution < -0.4 is 15.4 Å². The van der Waals surface area contributed by atoms with Gasteiger partial charge in [0.2, 0.25) is 5.95 Å². The molecule has 0 aliphatic carbocycles. The van der Waals surface area contributed by atoms with E-state index in [2.05, 4.69) is 25.8 Å². The molecule has 0 unspecified atom stereocenters. The maximum Gasteiger partial charge on any atom is 0.416 e. The van der Waals surface area contributed by atoms with Crippen molar-refractivity contribution in [1.82, 2.24) is 15.2 Å². The van der Waals surface area contributed by atoms with Gasteiger partial charge in [-0.05, 0) is 49.4 Å². The first kappa shape index (κ1) is 18.4. The van der Waals surface area contributed by atoms with E-state index in [0.717, 1.165) is 23.6 Å². The Labute approximate surface area is 153 Å². The van der Waals surface area contributed by atoms with Gasteiger partial charge in [-0.2, -0.15) is 23.3 Å². The van der Waals surface area contributed by atoms with Gasteiger partial charge in [0.25, 0.3) is 0 Å². The third kappa shape index (κ3) is 5.06. The summed E-state index contributed by atoms with van der Waals surface area (Å²) < 4.78 is 43.8. The summed E-state index contributed by atoms with van der Waals surface area (Å²) in [5.41, 5.74) is 0.206. The number of hydrogen-bond donors (Lipinski definition) is 2. The lowest BCUT2D eigenvalue weighted by Gasteiger charge is -2.10. The SMILES string of the molecule is CCOc1ccc(Nc2cnnc(Nc3cccc(C(F)(F)F)c3)n2)cc1. The van der Waals surface area contributed by atoms with Gasteiger partial charge in [0, 0.05) is 11.4 Å². The first-order valence-corrected chi connectivity index (χ1v) is 8.08. The Morgan fingerprint density at radius 2 is 1.78 bits per heavy atom. The topological polar surface area (TPSA) is 72.0 Å². The summed E-state index contributed by atoms with van der Waals surface area (Å²) in [6.45, 7) is 2.48. The van der Waals surface area contributed by atoms with Crippen molar-refractivity contribution >= 4 is 23.1 Å². The number of ether oxygens (including phenoxy) is 1. The molecule has 0 aliphatic rings. The lowest BCUT2D eigenvalue weighted by molar-refractivity contribution is -0.137. The van der Waals surface area contributed by atoms with E-state index in [-0.39, 0.29) is 11.6 Å². The van der Waals surface area contributed by atoms with E-state index >= 15 is 0 Å². The lowest BCUT2D eigenvalue weighted by Crippen LogP contribution is -2.06. The molecule has 0 saturated heterocycles. The Morgan fingerprint density at radius 1 is 1.00 bits per heavy atom. The molecule has 0 fully saturated rings. The number of rotatable bonds is 6. The molecule has 0 spiro atoms. The number of nitrogens with zero attached hydrogens (tertiary/aromatic N) is 3. The van der Waals surface area contributed by atoms with Gasteiger partial charge in [-0.25, -0.2) is 0 Å². The average molecular weight is 375 g/mol. The summed E-state index contributed by atoms with van der Waals surface area (Å²) in [5.74, 6) is 1.21. The van der Waals surface area contributed by atoms with Gasteiger partial charge >= 0.3 is 6.18 Å². The number of nitrogens with one attached hydrogen (secondary N) is 2. The molecule has 2 aromatic carbocycles. The molecule has 0 radical (unpaired) electrons. The normalized spacial score (nSPS) is 11.1. The number of alkyl halides is 3. The second-order valence-corrected chi connectivity index (χ2v) is 5.45. The molecule has 0 atom stereocenters. The van der Waals surface area contributed by atoms with Crippen LogP contribution in [0, 0.1) is 0 Å². The zero-order valence-electron chi connectivity index (χ0n) is 14.3. The van der Waals surface area contributed by atoms with Crippen LogP contribution >= 0.6 is 0 Å². The van der Waals surface area contributed by atoms with Crippen LogP contribution in [0.25, 0.3) is 0 Å². The molecule has 0 saturated carbocycles. The number of anilines is 4. The molecule has 3 rings (SSSR count). The summed E-state index contributed by atoms with van der Waals surface area (Å²) in [4.78, 5) is 4.21. The fraction of sp³-hybridized carbons (Fsp3) is 0.167. The minimum Gasteiger partial charge on any atom is -0.494 e. The molecule has 27 heavy (non-hydrogen) atoms. The van der Waals surface area contributed by atoms with E-state index < -0.39 is 11.7 Å².